The smallest absolute Gasteiger partial charge is 0.310 e. The molecule has 0 bridgehead atoms. The topological polar surface area (TPSA) is 102 Å². The van der Waals surface area contributed by atoms with Gasteiger partial charge >= 0.3 is 5.97 Å². The van der Waals surface area contributed by atoms with Crippen molar-refractivity contribution in [1.82, 2.24) is 14.3 Å². The average molecular weight is 432 g/mol. The number of esters is 1. The number of aryl methyl sites for hydroxylation is 2. The third-order valence-corrected chi connectivity index (χ3v) is 7.04. The maximum Gasteiger partial charge on any atom is 0.310 e. The summed E-state index contributed by atoms with van der Waals surface area (Å²) in [4.78, 5) is 19.6. The van der Waals surface area contributed by atoms with Gasteiger partial charge in [-0.05, 0) is 48.7 Å². The summed E-state index contributed by atoms with van der Waals surface area (Å²) in [5, 5.41) is 0. The molecule has 0 atom stereocenters. The first-order chi connectivity index (χ1) is 14.2. The van der Waals surface area contributed by atoms with Crippen molar-refractivity contribution >= 4 is 27.0 Å². The van der Waals surface area contributed by atoms with Crippen LogP contribution >= 0.6 is 0 Å². The van der Waals surface area contributed by atoms with E-state index in [-0.39, 0.29) is 23.8 Å². The normalized spacial score (nSPS) is 11.8. The van der Waals surface area contributed by atoms with Crippen LogP contribution in [-0.2, 0) is 32.5 Å². The van der Waals surface area contributed by atoms with Gasteiger partial charge in [0.1, 0.15) is 11.6 Å². The second-order valence-electron chi connectivity index (χ2n) is 7.10. The molecule has 0 amide bonds. The zero-order valence-corrected chi connectivity index (χ0v) is 18.5. The number of hydrogen-bond donors (Lipinski definition) is 1. The Morgan fingerprint density at radius 1 is 1.17 bits per heavy atom. The fraction of sp³-hybridized carbons (Fsp3) is 0.333. The molecule has 0 saturated heterocycles. The summed E-state index contributed by atoms with van der Waals surface area (Å²) in [6, 6.07) is 8.83. The van der Waals surface area contributed by atoms with Crippen LogP contribution in [0.25, 0.3) is 11.0 Å². The minimum absolute atomic E-state index is 0.0551. The molecule has 0 spiro atoms. The van der Waals surface area contributed by atoms with Crippen LogP contribution in [0, 0.1) is 13.8 Å². The summed E-state index contributed by atoms with van der Waals surface area (Å²) >= 11 is 0. The quantitative estimate of drug-likeness (QED) is 0.577. The number of H-pyrrole nitrogens is 1. The monoisotopic (exact) mass is 431 g/mol. The van der Waals surface area contributed by atoms with Crippen LogP contribution in [0.2, 0.25) is 0 Å². The third kappa shape index (κ3) is 4.17. The molecule has 1 heterocycles. The Kier molecular flexibility index (Phi) is 6.14. The van der Waals surface area contributed by atoms with E-state index >= 15 is 0 Å². The molecule has 9 heteroatoms. The Morgan fingerprint density at radius 2 is 1.83 bits per heavy atom. The highest BCUT2D eigenvalue weighted by molar-refractivity contribution is 7.89. The fourth-order valence-corrected chi connectivity index (χ4v) is 5.01. The lowest BCUT2D eigenvalue weighted by Crippen LogP contribution is -2.28. The first-order valence-electron chi connectivity index (χ1n) is 9.32. The largest absolute Gasteiger partial charge is 0.497 e. The third-order valence-electron chi connectivity index (χ3n) is 4.93. The second kappa shape index (κ2) is 8.45. The molecule has 0 aliphatic carbocycles. The lowest BCUT2D eigenvalue weighted by atomic mass is 10.1. The highest BCUT2D eigenvalue weighted by atomic mass is 32.2. The SMILES string of the molecule is COC(=O)Cc1cccc2nc(CN(C)S(=O)(=O)c3c(C)cc(OC)cc3C)[nH]c12. The Hall–Kier alpha value is -2.91. The zero-order chi connectivity index (χ0) is 22.1. The molecule has 1 aromatic heterocycles. The van der Waals surface area contributed by atoms with Crippen LogP contribution in [0.1, 0.15) is 22.5 Å². The van der Waals surface area contributed by atoms with Gasteiger partial charge in [-0.2, -0.15) is 4.31 Å². The van der Waals surface area contributed by atoms with E-state index in [0.717, 1.165) is 5.56 Å². The molecule has 8 nitrogen and oxygen atoms in total. The molecule has 0 fully saturated rings. The lowest BCUT2D eigenvalue weighted by Gasteiger charge is -2.19. The molecule has 1 N–H and O–H groups in total. The van der Waals surface area contributed by atoms with Crippen molar-refractivity contribution in [3.8, 4) is 5.75 Å². The van der Waals surface area contributed by atoms with Crippen LogP contribution in [0.5, 0.6) is 5.75 Å². The van der Waals surface area contributed by atoms with Gasteiger partial charge < -0.3 is 14.5 Å². The summed E-state index contributed by atoms with van der Waals surface area (Å²) < 4.78 is 37.7. The second-order valence-corrected chi connectivity index (χ2v) is 9.08. The first kappa shape index (κ1) is 21.8. The van der Waals surface area contributed by atoms with Crippen molar-refractivity contribution in [3.05, 3.63) is 52.8 Å². The number of carbonyl (C=O) groups excluding carboxylic acids is 1. The van der Waals surface area contributed by atoms with Crippen molar-refractivity contribution in [2.24, 2.45) is 0 Å². The number of carbonyl (C=O) groups is 1. The summed E-state index contributed by atoms with van der Waals surface area (Å²) in [7, 11) is 0.648. The molecule has 0 radical (unpaired) electrons. The first-order valence-corrected chi connectivity index (χ1v) is 10.8. The molecule has 0 saturated carbocycles. The van der Waals surface area contributed by atoms with Crippen molar-refractivity contribution in [2.45, 2.75) is 31.7 Å². The number of hydrogen-bond acceptors (Lipinski definition) is 6. The van der Waals surface area contributed by atoms with Crippen LogP contribution in [0.3, 0.4) is 0 Å². The van der Waals surface area contributed by atoms with Gasteiger partial charge in [0.15, 0.2) is 0 Å². The van der Waals surface area contributed by atoms with Gasteiger partial charge in [-0.1, -0.05) is 12.1 Å². The van der Waals surface area contributed by atoms with Gasteiger partial charge in [0.2, 0.25) is 10.0 Å². The fourth-order valence-electron chi connectivity index (χ4n) is 3.48. The number of imidazole rings is 1. The molecule has 160 valence electrons. The summed E-state index contributed by atoms with van der Waals surface area (Å²) in [5.41, 5.74) is 3.33. The van der Waals surface area contributed by atoms with Crippen molar-refractivity contribution in [1.29, 1.82) is 0 Å². The van der Waals surface area contributed by atoms with E-state index in [9.17, 15) is 13.2 Å². The van der Waals surface area contributed by atoms with Crippen LogP contribution in [0.4, 0.5) is 0 Å². The van der Waals surface area contributed by atoms with Gasteiger partial charge in [-0.15, -0.1) is 0 Å². The van der Waals surface area contributed by atoms with E-state index in [2.05, 4.69) is 9.97 Å². The van der Waals surface area contributed by atoms with Gasteiger partial charge in [0, 0.05) is 7.05 Å². The summed E-state index contributed by atoms with van der Waals surface area (Å²) in [6.07, 6.45) is 0.105. The van der Waals surface area contributed by atoms with E-state index < -0.39 is 10.0 Å². The minimum Gasteiger partial charge on any atom is -0.497 e. The number of fused-ring (bicyclic) bond motifs is 1. The molecule has 0 aliphatic heterocycles. The zero-order valence-electron chi connectivity index (χ0n) is 17.6. The number of benzene rings is 2. The van der Waals surface area contributed by atoms with Gasteiger partial charge in [0.25, 0.3) is 0 Å². The van der Waals surface area contributed by atoms with Crippen LogP contribution in [-0.4, -0.2) is 49.9 Å². The van der Waals surface area contributed by atoms with Crippen LogP contribution in [0.15, 0.2) is 35.2 Å². The molecular formula is C21H25N3O5S. The van der Waals surface area contributed by atoms with E-state index in [1.807, 2.05) is 12.1 Å². The van der Waals surface area contributed by atoms with Crippen LogP contribution < -0.4 is 4.74 Å². The average Bonchev–Trinajstić information content (AvgIpc) is 3.10. The van der Waals surface area contributed by atoms with Gasteiger partial charge in [0.05, 0.1) is 43.1 Å². The molecule has 0 aliphatic rings. The standard InChI is InChI=1S/C21H25N3O5S/c1-13-9-16(28-4)10-14(2)21(13)30(26,27)24(3)12-18-22-17-8-6-7-15(20(17)23-18)11-19(25)29-5/h6-10H,11-12H2,1-5H3,(H,22,23). The number of nitrogens with zero attached hydrogens (tertiary/aromatic N) is 2. The number of nitrogens with one attached hydrogen (secondary N) is 1. The van der Waals surface area contributed by atoms with Gasteiger partial charge in [-0.25, -0.2) is 13.4 Å². The molecular weight excluding hydrogens is 406 g/mol. The van der Waals surface area contributed by atoms with E-state index in [1.54, 1.807) is 39.2 Å². The highest BCUT2D eigenvalue weighted by Crippen LogP contribution is 2.28. The Balaban J connectivity index is 1.92. The number of ether oxygens (including phenoxy) is 2. The summed E-state index contributed by atoms with van der Waals surface area (Å²) in [6.45, 7) is 3.55. The highest BCUT2D eigenvalue weighted by Gasteiger charge is 2.26. The number of methoxy groups -OCH3 is 2. The number of sulfonamides is 1. The molecule has 30 heavy (non-hydrogen) atoms. The molecule has 2 aromatic carbocycles. The van der Waals surface area contributed by atoms with E-state index in [0.29, 0.717) is 33.7 Å². The summed E-state index contributed by atoms with van der Waals surface area (Å²) in [5.74, 6) is 0.739. The van der Waals surface area contributed by atoms with Crippen molar-refractivity contribution in [3.63, 3.8) is 0 Å². The van der Waals surface area contributed by atoms with Crippen molar-refractivity contribution < 1.29 is 22.7 Å². The Morgan fingerprint density at radius 3 is 2.43 bits per heavy atom. The Bertz CT molecular complexity index is 1180. The van der Waals surface area contributed by atoms with Gasteiger partial charge in [-0.3, -0.25) is 4.79 Å². The minimum atomic E-state index is -3.75. The number of aromatic amines is 1. The van der Waals surface area contributed by atoms with Crippen molar-refractivity contribution in [2.75, 3.05) is 21.3 Å². The maximum absolute atomic E-state index is 13.2. The predicted molar refractivity (Wildman–Crippen MR) is 113 cm³/mol. The number of para-hydroxylation sites is 1. The molecule has 0 unspecified atom stereocenters. The Labute approximate surface area is 175 Å². The molecule has 3 rings (SSSR count). The number of rotatable bonds is 7. The molecule has 3 aromatic rings. The van der Waals surface area contributed by atoms with E-state index in [1.165, 1.54) is 18.5 Å². The lowest BCUT2D eigenvalue weighted by molar-refractivity contribution is -0.139. The number of aromatic nitrogens is 2. The maximum atomic E-state index is 13.2. The van der Waals surface area contributed by atoms with E-state index in [4.69, 9.17) is 9.47 Å². The predicted octanol–water partition coefficient (Wildman–Crippen LogP) is 2.72.